The first-order valence-corrected chi connectivity index (χ1v) is 5.18. The number of ether oxygens (including phenoxy) is 1. The molecule has 0 spiro atoms. The van der Waals surface area contributed by atoms with Crippen LogP contribution in [0, 0.1) is 0 Å². The van der Waals surface area contributed by atoms with Crippen molar-refractivity contribution in [3.8, 4) is 5.75 Å². The highest BCUT2D eigenvalue weighted by atomic mass is 79.9. The topological polar surface area (TPSA) is 9.23 Å². The number of benzene rings is 1. The van der Waals surface area contributed by atoms with E-state index in [1.807, 2.05) is 0 Å². The second-order valence-electron chi connectivity index (χ2n) is 3.03. The van der Waals surface area contributed by atoms with Crippen molar-refractivity contribution in [2.24, 2.45) is 0 Å². The fourth-order valence-corrected chi connectivity index (χ4v) is 2.12. The summed E-state index contributed by atoms with van der Waals surface area (Å²) in [5, 5.41) is 0.381. The van der Waals surface area contributed by atoms with Gasteiger partial charge in [-0.05, 0) is 12.1 Å². The summed E-state index contributed by atoms with van der Waals surface area (Å²) in [6.45, 7) is 0. The normalized spacial score (nSPS) is 19.6. The van der Waals surface area contributed by atoms with Crippen molar-refractivity contribution in [3.05, 3.63) is 27.2 Å². The first kappa shape index (κ1) is 10.2. The van der Waals surface area contributed by atoms with Crippen molar-refractivity contribution in [1.29, 1.82) is 0 Å². The van der Waals surface area contributed by atoms with Crippen LogP contribution < -0.4 is 4.74 Å². The predicted molar refractivity (Wildman–Crippen MR) is 53.3 cm³/mol. The predicted octanol–water partition coefficient (Wildman–Crippen LogP) is 3.67. The molecule has 76 valence electrons. The van der Waals surface area contributed by atoms with Crippen molar-refractivity contribution < 1.29 is 13.5 Å². The Morgan fingerprint density at radius 3 is 2.79 bits per heavy atom. The maximum Gasteiger partial charge on any atom is 0.275 e. The van der Waals surface area contributed by atoms with Gasteiger partial charge in [0.2, 0.25) is 0 Å². The van der Waals surface area contributed by atoms with Gasteiger partial charge >= 0.3 is 0 Å². The molecule has 1 aliphatic heterocycles. The lowest BCUT2D eigenvalue weighted by Crippen LogP contribution is -2.22. The second-order valence-corrected chi connectivity index (χ2v) is 4.29. The summed E-state index contributed by atoms with van der Waals surface area (Å²) in [4.78, 5) is 0. The molecule has 0 saturated heterocycles. The van der Waals surface area contributed by atoms with E-state index in [9.17, 15) is 8.78 Å². The van der Waals surface area contributed by atoms with E-state index in [4.69, 9.17) is 16.3 Å². The zero-order valence-electron chi connectivity index (χ0n) is 6.94. The van der Waals surface area contributed by atoms with Gasteiger partial charge in [0.1, 0.15) is 5.75 Å². The Labute approximate surface area is 93.1 Å². The Morgan fingerprint density at radius 1 is 1.50 bits per heavy atom. The highest BCUT2D eigenvalue weighted by Crippen LogP contribution is 2.41. The van der Waals surface area contributed by atoms with Crippen LogP contribution in [0.5, 0.6) is 5.75 Å². The Bertz CT molecular complexity index is 339. The average Bonchev–Trinajstić information content (AvgIpc) is 2.57. The van der Waals surface area contributed by atoms with Gasteiger partial charge in [0.05, 0.1) is 5.02 Å². The van der Waals surface area contributed by atoms with Crippen LogP contribution >= 0.6 is 27.5 Å². The first-order valence-electron chi connectivity index (χ1n) is 4.01. The number of hydrogen-bond donors (Lipinski definition) is 0. The molecular weight excluding hydrogens is 277 g/mol. The standard InChI is InChI=1S/C9H6BrClF2O/c10-5-1-2-6(11)8-4(5)3-7(14-8)9(12)13/h1-2,7,9H,3H2. The molecule has 14 heavy (non-hydrogen) atoms. The van der Waals surface area contributed by atoms with Crippen molar-refractivity contribution in [1.82, 2.24) is 0 Å². The van der Waals surface area contributed by atoms with Crippen molar-refractivity contribution in [3.63, 3.8) is 0 Å². The highest BCUT2D eigenvalue weighted by Gasteiger charge is 2.33. The van der Waals surface area contributed by atoms with E-state index >= 15 is 0 Å². The molecule has 0 bridgehead atoms. The minimum atomic E-state index is -2.48. The molecule has 1 aliphatic rings. The van der Waals surface area contributed by atoms with Gasteiger partial charge in [-0.3, -0.25) is 0 Å². The molecule has 5 heteroatoms. The van der Waals surface area contributed by atoms with Crippen molar-refractivity contribution >= 4 is 27.5 Å². The van der Waals surface area contributed by atoms with Crippen LogP contribution in [0.1, 0.15) is 5.56 Å². The van der Waals surface area contributed by atoms with Crippen LogP contribution in [0.3, 0.4) is 0 Å². The summed E-state index contributed by atoms with van der Waals surface area (Å²) in [6.07, 6.45) is -3.35. The van der Waals surface area contributed by atoms with Gasteiger partial charge in [-0.2, -0.15) is 0 Å². The largest absolute Gasteiger partial charge is 0.482 e. The number of rotatable bonds is 1. The number of hydrogen-bond acceptors (Lipinski definition) is 1. The van der Waals surface area contributed by atoms with Gasteiger partial charge in [0, 0.05) is 16.5 Å². The van der Waals surface area contributed by atoms with Crippen LogP contribution in [0.4, 0.5) is 8.78 Å². The minimum Gasteiger partial charge on any atom is -0.482 e. The molecule has 0 radical (unpaired) electrons. The van der Waals surface area contributed by atoms with Crippen LogP contribution in [0.2, 0.25) is 5.02 Å². The maximum atomic E-state index is 12.4. The summed E-state index contributed by atoms with van der Waals surface area (Å²) < 4.78 is 30.6. The van der Waals surface area contributed by atoms with Gasteiger partial charge in [0.25, 0.3) is 6.43 Å². The molecule has 0 N–H and O–H groups in total. The first-order chi connectivity index (χ1) is 6.59. The fraction of sp³-hybridized carbons (Fsp3) is 0.333. The van der Waals surface area contributed by atoms with E-state index in [1.165, 1.54) is 0 Å². The van der Waals surface area contributed by atoms with Gasteiger partial charge in [0.15, 0.2) is 6.10 Å². The van der Waals surface area contributed by atoms with Gasteiger partial charge in [-0.1, -0.05) is 27.5 Å². The molecule has 1 aromatic carbocycles. The van der Waals surface area contributed by atoms with E-state index in [0.29, 0.717) is 10.8 Å². The molecule has 1 aromatic rings. The molecular formula is C9H6BrClF2O. The Hall–Kier alpha value is -0.350. The number of fused-ring (bicyclic) bond motifs is 1. The molecule has 0 fully saturated rings. The van der Waals surface area contributed by atoms with E-state index in [2.05, 4.69) is 15.9 Å². The quantitative estimate of drug-likeness (QED) is 0.764. The maximum absolute atomic E-state index is 12.4. The minimum absolute atomic E-state index is 0.203. The third-order valence-corrected chi connectivity index (χ3v) is 3.15. The lowest BCUT2D eigenvalue weighted by atomic mass is 10.1. The molecule has 0 amide bonds. The van der Waals surface area contributed by atoms with Crippen LogP contribution in [-0.4, -0.2) is 12.5 Å². The van der Waals surface area contributed by atoms with Crippen LogP contribution in [0.25, 0.3) is 0 Å². The zero-order valence-corrected chi connectivity index (χ0v) is 9.28. The summed E-state index contributed by atoms with van der Waals surface area (Å²) in [6, 6.07) is 3.36. The second kappa shape index (κ2) is 3.66. The van der Waals surface area contributed by atoms with Crippen LogP contribution in [0.15, 0.2) is 16.6 Å². The number of alkyl halides is 2. The molecule has 1 heterocycles. The Balaban J connectivity index is 2.38. The van der Waals surface area contributed by atoms with Gasteiger partial charge in [-0.15, -0.1) is 0 Å². The van der Waals surface area contributed by atoms with E-state index < -0.39 is 12.5 Å². The lowest BCUT2D eigenvalue weighted by molar-refractivity contribution is 0.0246. The SMILES string of the molecule is FC(F)C1Cc2c(Br)ccc(Cl)c2O1. The monoisotopic (exact) mass is 282 g/mol. The summed E-state index contributed by atoms with van der Waals surface area (Å²) in [5.74, 6) is 0.381. The molecule has 1 nitrogen and oxygen atoms in total. The average molecular weight is 283 g/mol. The third kappa shape index (κ3) is 1.61. The molecule has 2 rings (SSSR count). The molecule has 0 aromatic heterocycles. The van der Waals surface area contributed by atoms with E-state index in [-0.39, 0.29) is 6.42 Å². The van der Waals surface area contributed by atoms with Crippen molar-refractivity contribution in [2.75, 3.05) is 0 Å². The third-order valence-electron chi connectivity index (χ3n) is 2.11. The molecule has 0 aliphatic carbocycles. The van der Waals surface area contributed by atoms with Crippen molar-refractivity contribution in [2.45, 2.75) is 19.0 Å². The Morgan fingerprint density at radius 2 is 2.21 bits per heavy atom. The fourth-order valence-electron chi connectivity index (χ4n) is 1.43. The van der Waals surface area contributed by atoms with Gasteiger partial charge in [-0.25, -0.2) is 8.78 Å². The zero-order chi connectivity index (χ0) is 10.3. The van der Waals surface area contributed by atoms with E-state index in [0.717, 1.165) is 10.0 Å². The molecule has 0 saturated carbocycles. The Kier molecular flexibility index (Phi) is 2.66. The summed E-state index contributed by atoms with van der Waals surface area (Å²) in [5.41, 5.74) is 0.725. The highest BCUT2D eigenvalue weighted by molar-refractivity contribution is 9.10. The van der Waals surface area contributed by atoms with Gasteiger partial charge < -0.3 is 4.74 Å². The molecule has 1 unspecified atom stereocenters. The van der Waals surface area contributed by atoms with E-state index in [1.54, 1.807) is 12.1 Å². The summed E-state index contributed by atoms with van der Waals surface area (Å²) >= 11 is 9.10. The van der Waals surface area contributed by atoms with Crippen LogP contribution in [-0.2, 0) is 6.42 Å². The smallest absolute Gasteiger partial charge is 0.275 e. The lowest BCUT2D eigenvalue weighted by Gasteiger charge is -2.08. The number of halogens is 4. The summed E-state index contributed by atoms with van der Waals surface area (Å²) in [7, 11) is 0. The molecule has 1 atom stereocenters.